The van der Waals surface area contributed by atoms with Gasteiger partial charge < -0.3 is 14.6 Å². The SMILES string of the molecule is N#Cc1ccc(Oc2ccc(C(=O)[O-])cc2)cc1C#N. The van der Waals surface area contributed by atoms with Crippen molar-refractivity contribution in [2.24, 2.45) is 0 Å². The highest BCUT2D eigenvalue weighted by Crippen LogP contribution is 2.24. The highest BCUT2D eigenvalue weighted by molar-refractivity contribution is 5.85. The Morgan fingerprint density at radius 2 is 1.55 bits per heavy atom. The molecule has 0 unspecified atom stereocenters. The van der Waals surface area contributed by atoms with Gasteiger partial charge in [-0.25, -0.2) is 0 Å². The number of aromatic carboxylic acids is 1. The van der Waals surface area contributed by atoms with Gasteiger partial charge in [-0.1, -0.05) is 0 Å². The van der Waals surface area contributed by atoms with E-state index in [1.54, 1.807) is 6.07 Å². The van der Waals surface area contributed by atoms with E-state index >= 15 is 0 Å². The first-order valence-electron chi connectivity index (χ1n) is 5.57. The molecular formula is C15H7N2O3-. The van der Waals surface area contributed by atoms with Crippen LogP contribution in [0.4, 0.5) is 0 Å². The summed E-state index contributed by atoms with van der Waals surface area (Å²) in [5, 5.41) is 28.3. The molecule has 0 aliphatic rings. The quantitative estimate of drug-likeness (QED) is 0.837. The highest BCUT2D eigenvalue weighted by Gasteiger charge is 2.04. The third-order valence-corrected chi connectivity index (χ3v) is 2.56. The van der Waals surface area contributed by atoms with E-state index in [0.717, 1.165) is 0 Å². The predicted molar refractivity (Wildman–Crippen MR) is 66.7 cm³/mol. The number of carbonyl (C=O) groups is 1. The van der Waals surface area contributed by atoms with Gasteiger partial charge in [0.05, 0.1) is 17.1 Å². The van der Waals surface area contributed by atoms with E-state index in [1.807, 2.05) is 12.1 Å². The van der Waals surface area contributed by atoms with Gasteiger partial charge in [0, 0.05) is 0 Å². The molecule has 2 aromatic carbocycles. The lowest BCUT2D eigenvalue weighted by Crippen LogP contribution is -2.21. The lowest BCUT2D eigenvalue weighted by Gasteiger charge is -2.08. The van der Waals surface area contributed by atoms with Crippen LogP contribution in [-0.2, 0) is 0 Å². The number of carboxylic acids is 1. The second-order valence-electron chi connectivity index (χ2n) is 3.84. The van der Waals surface area contributed by atoms with Crippen LogP contribution >= 0.6 is 0 Å². The molecule has 0 fully saturated rings. The van der Waals surface area contributed by atoms with Crippen molar-refractivity contribution in [1.29, 1.82) is 10.5 Å². The van der Waals surface area contributed by atoms with Crippen molar-refractivity contribution in [2.75, 3.05) is 0 Å². The number of hydrogen-bond acceptors (Lipinski definition) is 5. The largest absolute Gasteiger partial charge is 0.545 e. The van der Waals surface area contributed by atoms with Crippen LogP contribution in [0, 0.1) is 22.7 Å². The van der Waals surface area contributed by atoms with Crippen LogP contribution in [0.1, 0.15) is 21.5 Å². The summed E-state index contributed by atoms with van der Waals surface area (Å²) in [5.41, 5.74) is 0.540. The molecule has 0 heterocycles. The maximum absolute atomic E-state index is 10.6. The van der Waals surface area contributed by atoms with Crippen molar-refractivity contribution in [1.82, 2.24) is 0 Å². The Bertz CT molecular complexity index is 737. The normalized spacial score (nSPS) is 9.30. The van der Waals surface area contributed by atoms with Gasteiger partial charge in [-0.15, -0.1) is 0 Å². The van der Waals surface area contributed by atoms with Gasteiger partial charge in [0.2, 0.25) is 0 Å². The van der Waals surface area contributed by atoms with Crippen LogP contribution in [-0.4, -0.2) is 5.97 Å². The number of ether oxygens (including phenoxy) is 1. The smallest absolute Gasteiger partial charge is 0.128 e. The lowest BCUT2D eigenvalue weighted by molar-refractivity contribution is -0.255. The molecular weight excluding hydrogens is 256 g/mol. The number of nitriles is 2. The van der Waals surface area contributed by atoms with E-state index < -0.39 is 5.97 Å². The van der Waals surface area contributed by atoms with Crippen LogP contribution in [0.25, 0.3) is 0 Å². The Balaban J connectivity index is 2.24. The maximum Gasteiger partial charge on any atom is 0.128 e. The predicted octanol–water partition coefficient (Wildman–Crippen LogP) is 1.59. The fourth-order valence-corrected chi connectivity index (χ4v) is 1.57. The summed E-state index contributed by atoms with van der Waals surface area (Å²) in [6.07, 6.45) is 0. The second kappa shape index (κ2) is 5.55. The zero-order valence-electron chi connectivity index (χ0n) is 10.2. The minimum Gasteiger partial charge on any atom is -0.545 e. The molecule has 0 amide bonds. The van der Waals surface area contributed by atoms with Gasteiger partial charge >= 0.3 is 0 Å². The number of carboxylic acid groups (broad SMARTS) is 1. The molecule has 0 spiro atoms. The van der Waals surface area contributed by atoms with E-state index in [4.69, 9.17) is 15.3 Å². The summed E-state index contributed by atoms with van der Waals surface area (Å²) in [7, 11) is 0. The second-order valence-corrected chi connectivity index (χ2v) is 3.84. The van der Waals surface area contributed by atoms with Crippen molar-refractivity contribution in [2.45, 2.75) is 0 Å². The van der Waals surface area contributed by atoms with Gasteiger partial charge in [0.1, 0.15) is 23.6 Å². The molecule has 2 aromatic rings. The summed E-state index contributed by atoms with van der Waals surface area (Å²) in [4.78, 5) is 10.6. The molecule has 96 valence electrons. The number of nitrogens with zero attached hydrogens (tertiary/aromatic N) is 2. The number of rotatable bonds is 3. The molecule has 2 rings (SSSR count). The minimum absolute atomic E-state index is 0.0508. The van der Waals surface area contributed by atoms with Crippen LogP contribution < -0.4 is 9.84 Å². The van der Waals surface area contributed by atoms with E-state index in [9.17, 15) is 9.90 Å². The molecule has 0 bridgehead atoms. The van der Waals surface area contributed by atoms with Crippen LogP contribution in [0.5, 0.6) is 11.5 Å². The average Bonchev–Trinajstić information content (AvgIpc) is 2.47. The summed E-state index contributed by atoms with van der Waals surface area (Å²) < 4.78 is 5.48. The Hall–Kier alpha value is -3.31. The molecule has 0 saturated heterocycles. The number of carbonyl (C=O) groups excluding carboxylic acids is 1. The minimum atomic E-state index is -1.26. The van der Waals surface area contributed by atoms with Crippen molar-refractivity contribution < 1.29 is 14.6 Å². The molecule has 0 aliphatic carbocycles. The standard InChI is InChI=1S/C15H8N2O3/c16-8-11-3-6-14(7-12(11)9-17)20-13-4-1-10(2-5-13)15(18)19/h1-7H,(H,18,19)/p-1. The summed E-state index contributed by atoms with van der Waals surface area (Å²) in [5.74, 6) is -0.452. The van der Waals surface area contributed by atoms with Crippen molar-refractivity contribution >= 4 is 5.97 Å². The molecule has 0 N–H and O–H groups in total. The number of benzene rings is 2. The maximum atomic E-state index is 10.6. The molecule has 5 nitrogen and oxygen atoms in total. The molecule has 0 saturated carbocycles. The topological polar surface area (TPSA) is 96.9 Å². The van der Waals surface area contributed by atoms with Gasteiger partial charge in [-0.3, -0.25) is 0 Å². The molecule has 0 aliphatic heterocycles. The first-order valence-corrected chi connectivity index (χ1v) is 5.57. The third-order valence-electron chi connectivity index (χ3n) is 2.56. The summed E-state index contributed by atoms with van der Waals surface area (Å²) in [6, 6.07) is 14.0. The Morgan fingerprint density at radius 1 is 0.950 bits per heavy atom. The number of hydrogen-bond donors (Lipinski definition) is 0. The Labute approximate surface area is 114 Å². The van der Waals surface area contributed by atoms with E-state index in [0.29, 0.717) is 11.5 Å². The average molecular weight is 263 g/mol. The fourth-order valence-electron chi connectivity index (χ4n) is 1.57. The van der Waals surface area contributed by atoms with Crippen molar-refractivity contribution in [3.05, 3.63) is 59.2 Å². The lowest BCUT2D eigenvalue weighted by atomic mass is 10.1. The van der Waals surface area contributed by atoms with Crippen molar-refractivity contribution in [3.8, 4) is 23.6 Å². The van der Waals surface area contributed by atoms with Gasteiger partial charge in [-0.05, 0) is 48.0 Å². The molecule has 20 heavy (non-hydrogen) atoms. The summed E-state index contributed by atoms with van der Waals surface area (Å²) >= 11 is 0. The molecule has 0 atom stereocenters. The monoisotopic (exact) mass is 263 g/mol. The van der Waals surface area contributed by atoms with E-state index in [-0.39, 0.29) is 16.7 Å². The van der Waals surface area contributed by atoms with Gasteiger partial charge in [0.15, 0.2) is 0 Å². The zero-order valence-corrected chi connectivity index (χ0v) is 10.2. The first-order chi connectivity index (χ1) is 9.63. The summed E-state index contributed by atoms with van der Waals surface area (Å²) in [6.45, 7) is 0. The highest BCUT2D eigenvalue weighted by atomic mass is 16.5. The van der Waals surface area contributed by atoms with Gasteiger partial charge in [-0.2, -0.15) is 10.5 Å². The fraction of sp³-hybridized carbons (Fsp3) is 0. The molecule has 0 aromatic heterocycles. The molecule has 0 radical (unpaired) electrons. The molecule has 5 heteroatoms. The van der Waals surface area contributed by atoms with Crippen LogP contribution in [0.3, 0.4) is 0 Å². The third kappa shape index (κ3) is 2.74. The van der Waals surface area contributed by atoms with Gasteiger partial charge in [0.25, 0.3) is 0 Å². The zero-order chi connectivity index (χ0) is 14.5. The van der Waals surface area contributed by atoms with Crippen molar-refractivity contribution in [3.63, 3.8) is 0 Å². The van der Waals surface area contributed by atoms with E-state index in [2.05, 4.69) is 0 Å². The van der Waals surface area contributed by atoms with Crippen LogP contribution in [0.2, 0.25) is 0 Å². The Kier molecular flexibility index (Phi) is 3.65. The van der Waals surface area contributed by atoms with E-state index in [1.165, 1.54) is 36.4 Å². The first kappa shape index (κ1) is 13.1. The van der Waals surface area contributed by atoms with Crippen LogP contribution in [0.15, 0.2) is 42.5 Å². The Morgan fingerprint density at radius 3 is 2.10 bits per heavy atom.